The predicted molar refractivity (Wildman–Crippen MR) is 141 cm³/mol. The van der Waals surface area contributed by atoms with Gasteiger partial charge in [-0.3, -0.25) is 19.3 Å². The molecule has 0 bridgehead atoms. The van der Waals surface area contributed by atoms with Crippen LogP contribution in [-0.2, 0) is 28.3 Å². The first-order chi connectivity index (χ1) is 17.0. The molecule has 0 spiro atoms. The average Bonchev–Trinajstić information content (AvgIpc) is 2.90. The van der Waals surface area contributed by atoms with Gasteiger partial charge in [-0.2, -0.15) is 0 Å². The largest absolute Gasteiger partial charge is 0.399 e. The number of aromatic nitrogens is 1. The number of hydrogen-bond donors (Lipinski definition) is 5. The first-order valence-electron chi connectivity index (χ1n) is 11.3. The molecule has 1 unspecified atom stereocenters. The quantitative estimate of drug-likeness (QED) is 0.142. The Bertz CT molecular complexity index is 1090. The van der Waals surface area contributed by atoms with Gasteiger partial charge >= 0.3 is 0 Å². The van der Waals surface area contributed by atoms with Gasteiger partial charge in [0.15, 0.2) is 0 Å². The SMILES string of the molecule is N=Cc1ccc(CNC(=O)CNC(=O)C(CCc2ccncc2)NSCc2ccc(N)cc2)cc1. The number of nitrogens with one attached hydrogen (secondary N) is 4. The van der Waals surface area contributed by atoms with Crippen molar-refractivity contribution in [3.63, 3.8) is 0 Å². The first-order valence-corrected chi connectivity index (χ1v) is 12.3. The van der Waals surface area contributed by atoms with Gasteiger partial charge in [0.2, 0.25) is 11.8 Å². The van der Waals surface area contributed by atoms with E-state index in [-0.39, 0.29) is 18.4 Å². The highest BCUT2D eigenvalue weighted by Gasteiger charge is 2.19. The number of anilines is 1. The summed E-state index contributed by atoms with van der Waals surface area (Å²) < 4.78 is 3.25. The Morgan fingerprint density at radius 3 is 2.31 bits per heavy atom. The van der Waals surface area contributed by atoms with Gasteiger partial charge in [-0.15, -0.1) is 0 Å². The number of nitrogens with two attached hydrogens (primary N) is 1. The molecule has 35 heavy (non-hydrogen) atoms. The van der Waals surface area contributed by atoms with Crippen molar-refractivity contribution in [3.8, 4) is 0 Å². The number of carbonyl (C=O) groups excluding carboxylic acids is 2. The zero-order valence-corrected chi connectivity index (χ0v) is 20.2. The van der Waals surface area contributed by atoms with Crippen LogP contribution in [0, 0.1) is 5.41 Å². The molecule has 182 valence electrons. The third-order valence-corrected chi connectivity index (χ3v) is 6.22. The molecule has 3 rings (SSSR count). The molecule has 9 heteroatoms. The molecule has 0 radical (unpaired) electrons. The van der Waals surface area contributed by atoms with E-state index in [1.807, 2.05) is 60.7 Å². The van der Waals surface area contributed by atoms with Crippen LogP contribution >= 0.6 is 11.9 Å². The first kappa shape index (κ1) is 25.9. The lowest BCUT2D eigenvalue weighted by Crippen LogP contribution is -2.45. The Morgan fingerprint density at radius 2 is 1.63 bits per heavy atom. The Balaban J connectivity index is 1.48. The van der Waals surface area contributed by atoms with Gasteiger partial charge in [0.05, 0.1) is 12.6 Å². The minimum absolute atomic E-state index is 0.104. The van der Waals surface area contributed by atoms with Crippen molar-refractivity contribution in [1.82, 2.24) is 20.3 Å². The summed E-state index contributed by atoms with van der Waals surface area (Å²) in [7, 11) is 0. The number of benzene rings is 2. The lowest BCUT2D eigenvalue weighted by Gasteiger charge is -2.18. The van der Waals surface area contributed by atoms with Crippen molar-refractivity contribution in [1.29, 1.82) is 5.41 Å². The van der Waals surface area contributed by atoms with Crippen LogP contribution in [-0.4, -0.2) is 35.6 Å². The summed E-state index contributed by atoms with van der Waals surface area (Å²) in [4.78, 5) is 29.2. The Kier molecular flexibility index (Phi) is 10.3. The highest BCUT2D eigenvalue weighted by Crippen LogP contribution is 2.14. The van der Waals surface area contributed by atoms with E-state index in [2.05, 4.69) is 20.3 Å². The van der Waals surface area contributed by atoms with Crippen LogP contribution in [0.1, 0.15) is 28.7 Å². The molecule has 0 fully saturated rings. The van der Waals surface area contributed by atoms with Crippen molar-refractivity contribution in [2.45, 2.75) is 31.2 Å². The van der Waals surface area contributed by atoms with Crippen molar-refractivity contribution < 1.29 is 9.59 Å². The number of pyridine rings is 1. The van der Waals surface area contributed by atoms with Crippen LogP contribution in [0.25, 0.3) is 0 Å². The van der Waals surface area contributed by atoms with Gasteiger partial charge in [0, 0.05) is 36.6 Å². The lowest BCUT2D eigenvalue weighted by molar-refractivity contribution is -0.127. The third-order valence-electron chi connectivity index (χ3n) is 5.29. The lowest BCUT2D eigenvalue weighted by atomic mass is 10.1. The van der Waals surface area contributed by atoms with Gasteiger partial charge in [-0.05, 0) is 59.4 Å². The van der Waals surface area contributed by atoms with Crippen LogP contribution in [0.4, 0.5) is 5.69 Å². The van der Waals surface area contributed by atoms with Crippen LogP contribution < -0.4 is 21.1 Å². The molecule has 1 heterocycles. The van der Waals surface area contributed by atoms with Crippen molar-refractivity contribution in [2.24, 2.45) is 0 Å². The molecule has 0 saturated heterocycles. The maximum Gasteiger partial charge on any atom is 0.239 e. The third kappa shape index (κ3) is 9.23. The zero-order valence-electron chi connectivity index (χ0n) is 19.4. The van der Waals surface area contributed by atoms with E-state index in [1.54, 1.807) is 12.4 Å². The zero-order chi connectivity index (χ0) is 24.9. The van der Waals surface area contributed by atoms with Crippen molar-refractivity contribution in [3.05, 3.63) is 95.3 Å². The minimum Gasteiger partial charge on any atom is -0.399 e. The smallest absolute Gasteiger partial charge is 0.239 e. The number of hydrogen-bond acceptors (Lipinski definition) is 7. The second-order valence-electron chi connectivity index (χ2n) is 7.98. The van der Waals surface area contributed by atoms with Crippen molar-refractivity contribution >= 4 is 35.7 Å². The predicted octanol–water partition coefficient (Wildman–Crippen LogP) is 2.83. The highest BCUT2D eigenvalue weighted by atomic mass is 32.2. The second kappa shape index (κ2) is 13.9. The van der Waals surface area contributed by atoms with Crippen LogP contribution in [0.5, 0.6) is 0 Å². The topological polar surface area (TPSA) is 133 Å². The highest BCUT2D eigenvalue weighted by molar-refractivity contribution is 7.96. The molecular formula is C26H30N6O2S. The number of amides is 2. The molecule has 1 aromatic heterocycles. The number of nitrogen functional groups attached to an aromatic ring is 1. The van der Waals surface area contributed by atoms with Gasteiger partial charge in [-0.25, -0.2) is 0 Å². The monoisotopic (exact) mass is 490 g/mol. The summed E-state index contributed by atoms with van der Waals surface area (Å²) in [5.74, 6) is 0.183. The summed E-state index contributed by atoms with van der Waals surface area (Å²) in [6.45, 7) is 0.252. The Morgan fingerprint density at radius 1 is 0.943 bits per heavy atom. The van der Waals surface area contributed by atoms with Crippen LogP contribution in [0.15, 0.2) is 73.1 Å². The van der Waals surface area contributed by atoms with Gasteiger partial charge in [0.1, 0.15) is 0 Å². The fourth-order valence-corrected chi connectivity index (χ4v) is 4.10. The summed E-state index contributed by atoms with van der Waals surface area (Å²) in [5, 5.41) is 12.8. The number of nitrogens with zero attached hydrogens (tertiary/aromatic N) is 1. The minimum atomic E-state index is -0.469. The van der Waals surface area contributed by atoms with Gasteiger partial charge in [-0.1, -0.05) is 48.3 Å². The number of aryl methyl sites for hydroxylation is 1. The van der Waals surface area contributed by atoms with E-state index in [0.29, 0.717) is 30.8 Å². The molecule has 1 atom stereocenters. The molecule has 8 nitrogen and oxygen atoms in total. The molecule has 3 aromatic rings. The van der Waals surface area contributed by atoms with E-state index >= 15 is 0 Å². The van der Waals surface area contributed by atoms with E-state index < -0.39 is 6.04 Å². The summed E-state index contributed by atoms with van der Waals surface area (Å²) in [6, 6.07) is 18.4. The van der Waals surface area contributed by atoms with Crippen LogP contribution in [0.3, 0.4) is 0 Å². The van der Waals surface area contributed by atoms with E-state index in [1.165, 1.54) is 18.2 Å². The summed E-state index contributed by atoms with van der Waals surface area (Å²) in [6.07, 6.45) is 6.01. The normalized spacial score (nSPS) is 11.4. The van der Waals surface area contributed by atoms with E-state index in [0.717, 1.165) is 22.3 Å². The number of rotatable bonds is 13. The Hall–Kier alpha value is -3.69. The van der Waals surface area contributed by atoms with Crippen LogP contribution in [0.2, 0.25) is 0 Å². The molecule has 0 aliphatic rings. The molecule has 0 aliphatic heterocycles. The Labute approximate surface area is 209 Å². The maximum atomic E-state index is 12.9. The maximum absolute atomic E-state index is 12.9. The van der Waals surface area contributed by atoms with Crippen molar-refractivity contribution in [2.75, 3.05) is 12.3 Å². The van der Waals surface area contributed by atoms with Gasteiger partial charge < -0.3 is 21.8 Å². The van der Waals surface area contributed by atoms with E-state index in [4.69, 9.17) is 11.1 Å². The fourth-order valence-electron chi connectivity index (χ4n) is 3.23. The average molecular weight is 491 g/mol. The number of carbonyl (C=O) groups is 2. The second-order valence-corrected chi connectivity index (χ2v) is 8.79. The molecular weight excluding hydrogens is 460 g/mol. The molecule has 0 aliphatic carbocycles. The molecule has 6 N–H and O–H groups in total. The molecule has 0 saturated carbocycles. The molecule has 2 amide bonds. The van der Waals surface area contributed by atoms with E-state index in [9.17, 15) is 9.59 Å². The summed E-state index contributed by atoms with van der Waals surface area (Å²) >= 11 is 1.45. The standard InChI is InChI=1S/C26H30N6O2S/c27-15-20-1-3-21(4-2-20)16-30-25(33)17-31-26(34)24(10-7-19-11-13-29-14-12-19)32-35-18-22-5-8-23(28)9-6-22/h1-6,8-9,11-15,24,27,32H,7,10,16-18,28H2,(H,30,33)(H,31,34). The fraction of sp³-hybridized carbons (Fsp3) is 0.231. The summed E-state index contributed by atoms with van der Waals surface area (Å²) in [5.41, 5.74) is 10.4. The van der Waals surface area contributed by atoms with Gasteiger partial charge in [0.25, 0.3) is 0 Å². The molecule has 2 aromatic carbocycles.